The summed E-state index contributed by atoms with van der Waals surface area (Å²) in [6, 6.07) is 17.9. The highest BCUT2D eigenvalue weighted by Crippen LogP contribution is 2.22. The maximum Gasteiger partial charge on any atom is 0.419 e. The number of carboxylic acid groups (broad SMARTS) is 1. The Labute approximate surface area is 207 Å². The van der Waals surface area contributed by atoms with Crippen LogP contribution in [0.3, 0.4) is 0 Å². The fraction of sp³-hybridized carbons (Fsp3) is 0.192. The Morgan fingerprint density at radius 1 is 1.11 bits per heavy atom. The van der Waals surface area contributed by atoms with Gasteiger partial charge in [0.2, 0.25) is 0 Å². The number of aryl methyl sites for hydroxylation is 3. The highest BCUT2D eigenvalue weighted by atomic mass is 16.6. The third kappa shape index (κ3) is 5.66. The number of fused-ring (bicyclic) bond motifs is 1. The maximum absolute atomic E-state index is 12.9. The number of nitrogens with zero attached hydrogens (tertiary/aromatic N) is 4. The van der Waals surface area contributed by atoms with Gasteiger partial charge in [0, 0.05) is 37.3 Å². The number of rotatable bonds is 9. The number of amides is 1. The first-order chi connectivity index (χ1) is 17.3. The Morgan fingerprint density at radius 2 is 1.83 bits per heavy atom. The zero-order valence-electron chi connectivity index (χ0n) is 19.7. The molecule has 10 heteroatoms. The van der Waals surface area contributed by atoms with Crippen molar-refractivity contribution in [3.8, 4) is 5.75 Å². The number of nitrogens with one attached hydrogen (secondary N) is 1. The Kier molecular flexibility index (Phi) is 7.24. The number of carbonyl (C=O) groups excluding carboxylic acids is 1. The van der Waals surface area contributed by atoms with Gasteiger partial charge in [-0.15, -0.1) is 0 Å². The smallest absolute Gasteiger partial charge is 0.419 e. The third-order valence-corrected chi connectivity index (χ3v) is 5.72. The second kappa shape index (κ2) is 10.7. The van der Waals surface area contributed by atoms with Crippen LogP contribution in [0, 0.1) is 5.41 Å². The van der Waals surface area contributed by atoms with Crippen LogP contribution in [-0.4, -0.2) is 44.1 Å². The number of imidazole rings is 1. The Bertz CT molecular complexity index is 1400. The molecule has 184 valence electrons. The molecule has 0 bridgehead atoms. The molecule has 0 aliphatic carbocycles. The highest BCUT2D eigenvalue weighted by molar-refractivity contribution is 5.94. The number of nitrogen functional groups attached to an aromatic ring is 1. The minimum Gasteiger partial charge on any atom is -0.481 e. The van der Waals surface area contributed by atoms with Crippen LogP contribution in [0.4, 0.5) is 10.5 Å². The number of hydrogen-bond acceptors (Lipinski definition) is 6. The number of amidine groups is 1. The minimum absolute atomic E-state index is 0.0328. The molecule has 0 saturated heterocycles. The monoisotopic (exact) mass is 486 g/mol. The van der Waals surface area contributed by atoms with Gasteiger partial charge in [0.25, 0.3) is 0 Å². The number of nitrogens with two attached hydrogens (primary N) is 1. The Balaban J connectivity index is 1.48. The summed E-state index contributed by atoms with van der Waals surface area (Å²) < 4.78 is 7.43. The van der Waals surface area contributed by atoms with E-state index in [9.17, 15) is 9.59 Å². The number of pyridine rings is 1. The van der Waals surface area contributed by atoms with E-state index in [0.29, 0.717) is 28.8 Å². The molecule has 4 rings (SSSR count). The van der Waals surface area contributed by atoms with Crippen LogP contribution >= 0.6 is 0 Å². The predicted octanol–water partition coefficient (Wildman–Crippen LogP) is 3.52. The molecule has 0 fully saturated rings. The molecule has 4 aromatic rings. The van der Waals surface area contributed by atoms with Gasteiger partial charge < -0.3 is 20.1 Å². The van der Waals surface area contributed by atoms with E-state index in [2.05, 4.69) is 9.97 Å². The molecule has 0 aliphatic rings. The van der Waals surface area contributed by atoms with E-state index in [1.807, 2.05) is 41.9 Å². The maximum atomic E-state index is 12.9. The van der Waals surface area contributed by atoms with E-state index in [1.54, 1.807) is 30.3 Å². The number of anilines is 1. The van der Waals surface area contributed by atoms with Crippen molar-refractivity contribution < 1.29 is 19.4 Å². The van der Waals surface area contributed by atoms with Crippen LogP contribution in [0.1, 0.15) is 23.4 Å². The molecule has 0 radical (unpaired) electrons. The zero-order chi connectivity index (χ0) is 25.7. The minimum atomic E-state index is -1.01. The molecule has 36 heavy (non-hydrogen) atoms. The van der Waals surface area contributed by atoms with E-state index in [1.165, 1.54) is 11.1 Å². The van der Waals surface area contributed by atoms with Crippen LogP contribution < -0.4 is 15.4 Å². The standard InChI is InChI=1S/C26H26N6O4/c1-31-22(12-9-17-7-10-18(11-8-17)24(27)28)30-21-15-20(16-29-25(21)31)36-26(35)32(14-13-23(33)34)19-5-3-2-4-6-19/h2-8,10-11,15-16H,9,12-14H2,1H3,(H3,27,28)(H,33,34). The number of ether oxygens (including phenoxy) is 1. The fourth-order valence-electron chi connectivity index (χ4n) is 3.79. The summed E-state index contributed by atoms with van der Waals surface area (Å²) in [7, 11) is 1.88. The first-order valence-electron chi connectivity index (χ1n) is 11.3. The summed E-state index contributed by atoms with van der Waals surface area (Å²) in [5.41, 5.74) is 9.07. The summed E-state index contributed by atoms with van der Waals surface area (Å²) >= 11 is 0. The van der Waals surface area contributed by atoms with Gasteiger partial charge in [-0.3, -0.25) is 15.1 Å². The summed E-state index contributed by atoms with van der Waals surface area (Å²) in [5, 5.41) is 16.6. The van der Waals surface area contributed by atoms with E-state index in [0.717, 1.165) is 17.8 Å². The Hall–Kier alpha value is -4.73. The van der Waals surface area contributed by atoms with Gasteiger partial charge in [-0.1, -0.05) is 42.5 Å². The van der Waals surface area contributed by atoms with Gasteiger partial charge in [0.15, 0.2) is 11.4 Å². The van der Waals surface area contributed by atoms with Gasteiger partial charge in [-0.25, -0.2) is 14.8 Å². The van der Waals surface area contributed by atoms with Gasteiger partial charge in [0.1, 0.15) is 17.2 Å². The van der Waals surface area contributed by atoms with Crippen molar-refractivity contribution >= 4 is 34.7 Å². The summed E-state index contributed by atoms with van der Waals surface area (Å²) in [6.07, 6.45) is 1.94. The van der Waals surface area contributed by atoms with Crippen LogP contribution in [0.25, 0.3) is 11.2 Å². The Morgan fingerprint density at radius 3 is 2.50 bits per heavy atom. The van der Waals surface area contributed by atoms with Crippen molar-refractivity contribution in [1.82, 2.24) is 14.5 Å². The van der Waals surface area contributed by atoms with Crippen molar-refractivity contribution in [1.29, 1.82) is 5.41 Å². The summed E-state index contributed by atoms with van der Waals surface area (Å²) in [6.45, 7) is -0.0328. The second-order valence-corrected chi connectivity index (χ2v) is 8.21. The lowest BCUT2D eigenvalue weighted by atomic mass is 10.1. The third-order valence-electron chi connectivity index (χ3n) is 5.72. The number of carbonyl (C=O) groups is 2. The van der Waals surface area contributed by atoms with Gasteiger partial charge >= 0.3 is 12.1 Å². The number of aliphatic carboxylic acids is 1. The summed E-state index contributed by atoms with van der Waals surface area (Å²) in [5.74, 6) is 0.0631. The lowest BCUT2D eigenvalue weighted by molar-refractivity contribution is -0.136. The van der Waals surface area contributed by atoms with Gasteiger partial charge in [-0.05, 0) is 24.1 Å². The van der Waals surface area contributed by atoms with Crippen molar-refractivity contribution in [2.24, 2.45) is 12.8 Å². The molecule has 0 spiro atoms. The first kappa shape index (κ1) is 24.4. The molecule has 10 nitrogen and oxygen atoms in total. The fourth-order valence-corrected chi connectivity index (χ4v) is 3.79. The average molecular weight is 487 g/mol. The second-order valence-electron chi connectivity index (χ2n) is 8.21. The number of benzene rings is 2. The highest BCUT2D eigenvalue weighted by Gasteiger charge is 2.20. The largest absolute Gasteiger partial charge is 0.481 e. The molecule has 2 heterocycles. The van der Waals surface area contributed by atoms with E-state index in [4.69, 9.17) is 21.0 Å². The van der Waals surface area contributed by atoms with E-state index < -0.39 is 12.1 Å². The first-order valence-corrected chi connectivity index (χ1v) is 11.3. The van der Waals surface area contributed by atoms with Crippen molar-refractivity contribution in [3.63, 3.8) is 0 Å². The van der Waals surface area contributed by atoms with Crippen LogP contribution in [-0.2, 0) is 24.7 Å². The molecule has 0 saturated carbocycles. The SMILES string of the molecule is Cn1c(CCc2ccc(C(=N)N)cc2)nc2cc(OC(=O)N(CCC(=O)O)c3ccccc3)cnc21. The lowest BCUT2D eigenvalue weighted by Crippen LogP contribution is -2.35. The molecule has 2 aromatic heterocycles. The molecule has 0 aliphatic heterocycles. The average Bonchev–Trinajstić information content (AvgIpc) is 3.18. The van der Waals surface area contributed by atoms with Gasteiger partial charge in [0.05, 0.1) is 12.6 Å². The number of para-hydroxylation sites is 1. The lowest BCUT2D eigenvalue weighted by Gasteiger charge is -2.21. The van der Waals surface area contributed by atoms with Gasteiger partial charge in [-0.2, -0.15) is 0 Å². The van der Waals surface area contributed by atoms with E-state index >= 15 is 0 Å². The van der Waals surface area contributed by atoms with Crippen LogP contribution in [0.5, 0.6) is 5.75 Å². The summed E-state index contributed by atoms with van der Waals surface area (Å²) in [4.78, 5) is 34.3. The van der Waals surface area contributed by atoms with Crippen molar-refractivity contribution in [3.05, 3.63) is 83.8 Å². The van der Waals surface area contributed by atoms with E-state index in [-0.39, 0.29) is 24.6 Å². The number of hydrogen-bond donors (Lipinski definition) is 3. The molecular formula is C26H26N6O4. The normalized spacial score (nSPS) is 10.8. The predicted molar refractivity (Wildman–Crippen MR) is 135 cm³/mol. The number of carboxylic acids is 1. The molecule has 4 N–H and O–H groups in total. The molecular weight excluding hydrogens is 460 g/mol. The topological polar surface area (TPSA) is 147 Å². The van der Waals surface area contributed by atoms with Crippen LogP contribution in [0.2, 0.25) is 0 Å². The zero-order valence-corrected chi connectivity index (χ0v) is 19.7. The molecule has 2 aromatic carbocycles. The molecule has 0 atom stereocenters. The van der Waals surface area contributed by atoms with Crippen molar-refractivity contribution in [2.45, 2.75) is 19.3 Å². The number of aromatic nitrogens is 3. The quantitative estimate of drug-likeness (QED) is 0.242. The van der Waals surface area contributed by atoms with Crippen LogP contribution in [0.15, 0.2) is 66.9 Å². The van der Waals surface area contributed by atoms with Crippen molar-refractivity contribution in [2.75, 3.05) is 11.4 Å². The molecule has 1 amide bonds. The molecule has 0 unspecified atom stereocenters.